The molecule has 1 aromatic rings. The van der Waals surface area contributed by atoms with Gasteiger partial charge >= 0.3 is 12.0 Å². The van der Waals surface area contributed by atoms with E-state index in [0.717, 1.165) is 0 Å². The van der Waals surface area contributed by atoms with Crippen molar-refractivity contribution in [3.8, 4) is 0 Å². The summed E-state index contributed by atoms with van der Waals surface area (Å²) in [6.45, 7) is 3.83. The molecule has 0 aliphatic carbocycles. The monoisotopic (exact) mass is 437 g/mol. The fourth-order valence-corrected chi connectivity index (χ4v) is 2.58. The quantitative estimate of drug-likeness (QED) is 0.203. The predicted octanol–water partition coefficient (Wildman–Crippen LogP) is -0.252. The van der Waals surface area contributed by atoms with Crippen LogP contribution in [0.2, 0.25) is 0 Å². The third-order valence-corrected chi connectivity index (χ3v) is 4.54. The lowest BCUT2D eigenvalue weighted by atomic mass is 10.0. The number of esters is 1. The number of primary amides is 1. The van der Waals surface area contributed by atoms with Crippen LogP contribution in [0.25, 0.3) is 0 Å². The predicted molar refractivity (Wildman–Crippen MR) is 114 cm³/mol. The summed E-state index contributed by atoms with van der Waals surface area (Å²) in [7, 11) is 1.17. The molecule has 0 saturated carbocycles. The summed E-state index contributed by atoms with van der Waals surface area (Å²) in [6.07, 6.45) is -0.804. The van der Waals surface area contributed by atoms with Gasteiger partial charge in [0.2, 0.25) is 11.8 Å². The first-order valence-corrected chi connectivity index (χ1v) is 9.82. The van der Waals surface area contributed by atoms with Crippen LogP contribution in [0.5, 0.6) is 0 Å². The largest absolute Gasteiger partial charge is 0.467 e. The van der Waals surface area contributed by atoms with Gasteiger partial charge in [-0.3, -0.25) is 9.59 Å². The number of hydrogen-bond donors (Lipinski definition) is 6. The highest BCUT2D eigenvalue weighted by Gasteiger charge is 2.25. The first kappa shape index (κ1) is 25.9. The molecule has 0 fully saturated rings. The number of anilines is 1. The van der Waals surface area contributed by atoms with Crippen LogP contribution in [0.3, 0.4) is 0 Å². The average Bonchev–Trinajstić information content (AvgIpc) is 2.74. The number of ether oxygens (including phenoxy) is 1. The summed E-state index contributed by atoms with van der Waals surface area (Å²) in [4.78, 5) is 47.3. The van der Waals surface area contributed by atoms with Crippen LogP contribution in [-0.2, 0) is 19.1 Å². The summed E-state index contributed by atoms with van der Waals surface area (Å²) in [5.41, 5.74) is 11.6. The minimum absolute atomic E-state index is 0.117. The molecule has 0 radical (unpaired) electrons. The van der Waals surface area contributed by atoms with Crippen molar-refractivity contribution in [2.75, 3.05) is 19.0 Å². The summed E-state index contributed by atoms with van der Waals surface area (Å²) in [5.74, 6) is -1.86. The molecule has 0 bridgehead atoms. The molecular formula is C20H31N5O6. The molecule has 0 aliphatic rings. The second-order valence-corrected chi connectivity index (χ2v) is 7.30. The molecule has 0 aliphatic heterocycles. The Labute approximate surface area is 180 Å². The van der Waals surface area contributed by atoms with Gasteiger partial charge in [-0.1, -0.05) is 26.0 Å². The highest BCUT2D eigenvalue weighted by atomic mass is 16.5. The van der Waals surface area contributed by atoms with Crippen molar-refractivity contribution in [1.82, 2.24) is 10.6 Å². The Morgan fingerprint density at radius 3 is 2.23 bits per heavy atom. The standard InChI is InChI=1S/C20H31N5O6/c1-11(2)15(21)18(28)25-14(5-4-10-23-20(22)30)17(27)24-13-8-6-12(7-9-13)16(26)19(29)31-3/h6-9,11,14-16,26H,4-5,10,21H2,1-3H3,(H,24,27)(H,25,28)(H3,22,23,30)/t14-,15-,16?/m0/s1. The molecule has 11 heteroatoms. The molecule has 0 heterocycles. The zero-order valence-corrected chi connectivity index (χ0v) is 17.9. The number of hydrogen-bond acceptors (Lipinski definition) is 7. The van der Waals surface area contributed by atoms with Crippen molar-refractivity contribution < 1.29 is 29.0 Å². The second-order valence-electron chi connectivity index (χ2n) is 7.30. The molecule has 1 unspecified atom stereocenters. The highest BCUT2D eigenvalue weighted by molar-refractivity contribution is 5.97. The number of carbonyl (C=O) groups is 4. The van der Waals surface area contributed by atoms with E-state index >= 15 is 0 Å². The molecule has 0 aromatic heterocycles. The van der Waals surface area contributed by atoms with Crippen LogP contribution in [0, 0.1) is 5.92 Å². The Morgan fingerprint density at radius 1 is 1.10 bits per heavy atom. The van der Waals surface area contributed by atoms with E-state index in [1.165, 1.54) is 31.4 Å². The van der Waals surface area contributed by atoms with E-state index in [9.17, 15) is 24.3 Å². The minimum Gasteiger partial charge on any atom is -0.467 e. The number of aliphatic hydroxyl groups is 1. The molecule has 31 heavy (non-hydrogen) atoms. The number of rotatable bonds is 11. The first-order valence-electron chi connectivity index (χ1n) is 9.82. The van der Waals surface area contributed by atoms with Crippen LogP contribution in [0.15, 0.2) is 24.3 Å². The fourth-order valence-electron chi connectivity index (χ4n) is 2.58. The lowest BCUT2D eigenvalue weighted by Crippen LogP contribution is -2.51. The van der Waals surface area contributed by atoms with Crippen molar-refractivity contribution in [1.29, 1.82) is 0 Å². The molecule has 0 spiro atoms. The van der Waals surface area contributed by atoms with Gasteiger partial charge in [0.15, 0.2) is 6.10 Å². The Kier molecular flexibility index (Phi) is 10.4. The van der Waals surface area contributed by atoms with E-state index in [1.807, 2.05) is 0 Å². The van der Waals surface area contributed by atoms with Gasteiger partial charge in [0.25, 0.3) is 0 Å². The molecule has 4 amide bonds. The van der Waals surface area contributed by atoms with Crippen molar-refractivity contribution >= 4 is 29.5 Å². The van der Waals surface area contributed by atoms with E-state index in [1.54, 1.807) is 13.8 Å². The van der Waals surface area contributed by atoms with Crippen molar-refractivity contribution in [3.63, 3.8) is 0 Å². The van der Waals surface area contributed by atoms with Gasteiger partial charge in [-0.15, -0.1) is 0 Å². The van der Waals surface area contributed by atoms with Crippen molar-refractivity contribution in [2.45, 2.75) is 44.9 Å². The summed E-state index contributed by atoms with van der Waals surface area (Å²) >= 11 is 0. The lowest BCUT2D eigenvalue weighted by molar-refractivity contribution is -0.150. The number of amides is 4. The fraction of sp³-hybridized carbons (Fsp3) is 0.500. The van der Waals surface area contributed by atoms with Crippen LogP contribution in [0.4, 0.5) is 10.5 Å². The van der Waals surface area contributed by atoms with E-state index < -0.39 is 42.0 Å². The van der Waals surface area contributed by atoms with Crippen molar-refractivity contribution in [3.05, 3.63) is 29.8 Å². The normalized spacial score (nSPS) is 13.6. The van der Waals surface area contributed by atoms with Gasteiger partial charge in [-0.05, 0) is 36.5 Å². The van der Waals surface area contributed by atoms with E-state index in [2.05, 4.69) is 20.7 Å². The number of nitrogens with one attached hydrogen (secondary N) is 3. The van der Waals surface area contributed by atoms with Gasteiger partial charge in [0.05, 0.1) is 13.2 Å². The maximum absolute atomic E-state index is 12.7. The first-order chi connectivity index (χ1) is 14.6. The van der Waals surface area contributed by atoms with Gasteiger partial charge in [-0.25, -0.2) is 9.59 Å². The summed E-state index contributed by atoms with van der Waals surface area (Å²) in [5, 5.41) is 17.6. The number of nitrogens with two attached hydrogens (primary N) is 2. The van der Waals surface area contributed by atoms with E-state index in [0.29, 0.717) is 17.7 Å². The Bertz CT molecular complexity index is 768. The Hall–Kier alpha value is -3.18. The highest BCUT2D eigenvalue weighted by Crippen LogP contribution is 2.18. The van der Waals surface area contributed by atoms with Gasteiger partial charge < -0.3 is 37.3 Å². The third kappa shape index (κ3) is 8.60. The van der Waals surface area contributed by atoms with Gasteiger partial charge in [0, 0.05) is 12.2 Å². The minimum atomic E-state index is -1.43. The molecular weight excluding hydrogens is 406 g/mol. The number of urea groups is 1. The topological polar surface area (TPSA) is 186 Å². The molecule has 8 N–H and O–H groups in total. The number of carbonyl (C=O) groups excluding carboxylic acids is 4. The number of benzene rings is 1. The maximum atomic E-state index is 12.7. The zero-order valence-electron chi connectivity index (χ0n) is 17.9. The molecule has 172 valence electrons. The Balaban J connectivity index is 2.83. The van der Waals surface area contributed by atoms with Gasteiger partial charge in [0.1, 0.15) is 6.04 Å². The lowest BCUT2D eigenvalue weighted by Gasteiger charge is -2.22. The van der Waals surface area contributed by atoms with Crippen molar-refractivity contribution in [2.24, 2.45) is 17.4 Å². The summed E-state index contributed by atoms with van der Waals surface area (Å²) in [6, 6.07) is 3.60. The number of methoxy groups -OCH3 is 1. The molecule has 1 aromatic carbocycles. The van der Waals surface area contributed by atoms with Crippen LogP contribution in [-0.4, -0.2) is 54.7 Å². The SMILES string of the molecule is COC(=O)C(O)c1ccc(NC(=O)[C@H](CCCNC(N)=O)NC(=O)[C@@H](N)C(C)C)cc1. The van der Waals surface area contributed by atoms with E-state index in [-0.39, 0.29) is 18.9 Å². The van der Waals surface area contributed by atoms with Crippen LogP contribution < -0.4 is 27.4 Å². The molecule has 11 nitrogen and oxygen atoms in total. The third-order valence-electron chi connectivity index (χ3n) is 4.54. The van der Waals surface area contributed by atoms with E-state index in [4.69, 9.17) is 11.5 Å². The second kappa shape index (κ2) is 12.5. The zero-order chi connectivity index (χ0) is 23.6. The van der Waals surface area contributed by atoms with Gasteiger partial charge in [-0.2, -0.15) is 0 Å². The smallest absolute Gasteiger partial charge is 0.339 e. The number of aliphatic hydroxyl groups excluding tert-OH is 1. The molecule has 3 atom stereocenters. The molecule has 0 saturated heterocycles. The summed E-state index contributed by atoms with van der Waals surface area (Å²) < 4.78 is 4.48. The average molecular weight is 437 g/mol. The van der Waals surface area contributed by atoms with Crippen LogP contribution in [0.1, 0.15) is 38.4 Å². The molecule has 1 rings (SSSR count). The maximum Gasteiger partial charge on any atom is 0.339 e. The Morgan fingerprint density at radius 2 is 1.71 bits per heavy atom. The van der Waals surface area contributed by atoms with Crippen LogP contribution >= 0.6 is 0 Å².